The molecule has 3 heterocycles. The Kier molecular flexibility index (Phi) is 4.65. The standard InChI is InChI=1S/C15H15N3O2S2/c19-13(16-6-3-11-2-1-8-21-11)4-7-18-10-17-14-12(15(18)20)5-9-22-14/h1-2,5,8-10H,3-4,6-7H2,(H,16,19). The van der Waals surface area contributed by atoms with E-state index in [1.807, 2.05) is 16.8 Å². The molecule has 3 aromatic heterocycles. The van der Waals surface area contributed by atoms with Gasteiger partial charge in [0.1, 0.15) is 4.83 Å². The number of carbonyl (C=O) groups is 1. The highest BCUT2D eigenvalue weighted by Gasteiger charge is 2.07. The van der Waals surface area contributed by atoms with Gasteiger partial charge in [-0.3, -0.25) is 14.2 Å². The summed E-state index contributed by atoms with van der Waals surface area (Å²) in [6, 6.07) is 5.83. The molecule has 22 heavy (non-hydrogen) atoms. The predicted octanol–water partition coefficient (Wildman–Crippen LogP) is 2.27. The fraction of sp³-hybridized carbons (Fsp3) is 0.267. The molecule has 0 aliphatic heterocycles. The lowest BCUT2D eigenvalue weighted by Crippen LogP contribution is -2.28. The molecule has 1 N–H and O–H groups in total. The molecule has 0 unspecified atom stereocenters. The van der Waals surface area contributed by atoms with Gasteiger partial charge in [0, 0.05) is 24.4 Å². The van der Waals surface area contributed by atoms with Crippen molar-refractivity contribution in [3.05, 3.63) is 50.5 Å². The molecule has 0 aromatic carbocycles. The molecule has 0 atom stereocenters. The maximum absolute atomic E-state index is 12.2. The SMILES string of the molecule is O=C(CCn1cnc2sccc2c1=O)NCCc1cccs1. The summed E-state index contributed by atoms with van der Waals surface area (Å²) in [6.07, 6.45) is 2.63. The Bertz CT molecular complexity index is 821. The maximum Gasteiger partial charge on any atom is 0.262 e. The van der Waals surface area contributed by atoms with Gasteiger partial charge < -0.3 is 5.32 Å². The smallest absolute Gasteiger partial charge is 0.262 e. The molecule has 7 heteroatoms. The quantitative estimate of drug-likeness (QED) is 0.752. The zero-order valence-electron chi connectivity index (χ0n) is 11.8. The van der Waals surface area contributed by atoms with E-state index in [2.05, 4.69) is 16.4 Å². The summed E-state index contributed by atoms with van der Waals surface area (Å²) >= 11 is 3.13. The van der Waals surface area contributed by atoms with Crippen LogP contribution in [0.25, 0.3) is 10.2 Å². The van der Waals surface area contributed by atoms with Gasteiger partial charge in [0.05, 0.1) is 11.7 Å². The topological polar surface area (TPSA) is 64.0 Å². The van der Waals surface area contributed by atoms with Gasteiger partial charge in [-0.05, 0) is 29.3 Å². The first kappa shape index (κ1) is 14.9. The molecule has 3 aromatic rings. The minimum absolute atomic E-state index is 0.0473. The minimum Gasteiger partial charge on any atom is -0.356 e. The molecule has 0 aliphatic rings. The van der Waals surface area contributed by atoms with Crippen LogP contribution in [0.15, 0.2) is 40.1 Å². The number of fused-ring (bicyclic) bond motifs is 1. The Hall–Kier alpha value is -1.99. The summed E-state index contributed by atoms with van der Waals surface area (Å²) in [6.45, 7) is 0.971. The third kappa shape index (κ3) is 3.42. The molecule has 0 radical (unpaired) electrons. The number of thiophene rings is 2. The zero-order valence-corrected chi connectivity index (χ0v) is 13.5. The van der Waals surface area contributed by atoms with Gasteiger partial charge in [-0.15, -0.1) is 22.7 Å². The van der Waals surface area contributed by atoms with Crippen molar-refractivity contribution < 1.29 is 4.79 Å². The van der Waals surface area contributed by atoms with Crippen molar-refractivity contribution in [2.24, 2.45) is 0 Å². The van der Waals surface area contributed by atoms with Crippen LogP contribution in [0.4, 0.5) is 0 Å². The van der Waals surface area contributed by atoms with Crippen LogP contribution in [-0.2, 0) is 17.8 Å². The fourth-order valence-corrected chi connectivity index (χ4v) is 3.58. The van der Waals surface area contributed by atoms with Crippen molar-refractivity contribution >= 4 is 38.8 Å². The zero-order chi connectivity index (χ0) is 15.4. The first-order chi connectivity index (χ1) is 10.7. The molecule has 0 fully saturated rings. The van der Waals surface area contributed by atoms with Crippen LogP contribution in [0, 0.1) is 0 Å². The molecule has 114 valence electrons. The first-order valence-electron chi connectivity index (χ1n) is 6.96. The molecule has 0 saturated heterocycles. The molecule has 0 bridgehead atoms. The fourth-order valence-electron chi connectivity index (χ4n) is 2.14. The van der Waals surface area contributed by atoms with E-state index in [-0.39, 0.29) is 17.9 Å². The number of nitrogens with zero attached hydrogens (tertiary/aromatic N) is 2. The predicted molar refractivity (Wildman–Crippen MR) is 89.5 cm³/mol. The van der Waals surface area contributed by atoms with Gasteiger partial charge >= 0.3 is 0 Å². The summed E-state index contributed by atoms with van der Waals surface area (Å²) < 4.78 is 1.49. The second kappa shape index (κ2) is 6.85. The first-order valence-corrected chi connectivity index (χ1v) is 8.72. The number of hydrogen-bond acceptors (Lipinski definition) is 5. The van der Waals surface area contributed by atoms with Gasteiger partial charge in [0.25, 0.3) is 5.56 Å². The normalized spacial score (nSPS) is 10.9. The number of aryl methyl sites for hydroxylation is 1. The number of hydrogen-bond donors (Lipinski definition) is 1. The average Bonchev–Trinajstić information content (AvgIpc) is 3.17. The lowest BCUT2D eigenvalue weighted by Gasteiger charge is -2.06. The highest BCUT2D eigenvalue weighted by Crippen LogP contribution is 2.13. The molecule has 0 aliphatic carbocycles. The van der Waals surface area contributed by atoms with E-state index in [0.29, 0.717) is 18.5 Å². The number of amides is 1. The van der Waals surface area contributed by atoms with Crippen molar-refractivity contribution in [3.8, 4) is 0 Å². The lowest BCUT2D eigenvalue weighted by molar-refractivity contribution is -0.121. The van der Waals surface area contributed by atoms with Gasteiger partial charge in [0.2, 0.25) is 5.91 Å². The van der Waals surface area contributed by atoms with Gasteiger partial charge in [0.15, 0.2) is 0 Å². The highest BCUT2D eigenvalue weighted by atomic mass is 32.1. The van der Waals surface area contributed by atoms with E-state index in [1.165, 1.54) is 27.1 Å². The minimum atomic E-state index is -0.0855. The van der Waals surface area contributed by atoms with Gasteiger partial charge in [-0.25, -0.2) is 4.98 Å². The number of nitrogens with one attached hydrogen (secondary N) is 1. The van der Waals surface area contributed by atoms with Crippen molar-refractivity contribution in [1.82, 2.24) is 14.9 Å². The molecule has 0 spiro atoms. The number of carbonyl (C=O) groups excluding carboxylic acids is 1. The lowest BCUT2D eigenvalue weighted by atomic mass is 10.3. The molecular formula is C15H15N3O2S2. The Morgan fingerprint density at radius 1 is 1.27 bits per heavy atom. The van der Waals surface area contributed by atoms with E-state index in [4.69, 9.17) is 0 Å². The van der Waals surface area contributed by atoms with E-state index in [9.17, 15) is 9.59 Å². The van der Waals surface area contributed by atoms with E-state index in [1.54, 1.807) is 17.4 Å². The van der Waals surface area contributed by atoms with Crippen LogP contribution in [0.3, 0.4) is 0 Å². The monoisotopic (exact) mass is 333 g/mol. The second-order valence-electron chi connectivity index (χ2n) is 4.81. The average molecular weight is 333 g/mol. The summed E-state index contributed by atoms with van der Waals surface area (Å²) in [5, 5.41) is 7.37. The molecule has 0 saturated carbocycles. The van der Waals surface area contributed by atoms with Crippen LogP contribution >= 0.6 is 22.7 Å². The van der Waals surface area contributed by atoms with Crippen LogP contribution in [0.1, 0.15) is 11.3 Å². The van der Waals surface area contributed by atoms with Crippen LogP contribution < -0.4 is 10.9 Å². The van der Waals surface area contributed by atoms with Crippen LogP contribution in [0.2, 0.25) is 0 Å². The Morgan fingerprint density at radius 2 is 2.18 bits per heavy atom. The molecule has 5 nitrogen and oxygen atoms in total. The van der Waals surface area contributed by atoms with Crippen molar-refractivity contribution in [2.45, 2.75) is 19.4 Å². The molecule has 1 amide bonds. The van der Waals surface area contributed by atoms with Crippen LogP contribution in [0.5, 0.6) is 0 Å². The van der Waals surface area contributed by atoms with E-state index >= 15 is 0 Å². The van der Waals surface area contributed by atoms with Crippen LogP contribution in [-0.4, -0.2) is 22.0 Å². The summed E-state index contributed by atoms with van der Waals surface area (Å²) in [4.78, 5) is 30.2. The Labute approximate surface area is 135 Å². The summed E-state index contributed by atoms with van der Waals surface area (Å²) in [7, 11) is 0. The number of rotatable bonds is 6. The van der Waals surface area contributed by atoms with Crippen molar-refractivity contribution in [1.29, 1.82) is 0 Å². The largest absolute Gasteiger partial charge is 0.356 e. The van der Waals surface area contributed by atoms with Crippen molar-refractivity contribution in [3.63, 3.8) is 0 Å². The van der Waals surface area contributed by atoms with Gasteiger partial charge in [-0.2, -0.15) is 0 Å². The second-order valence-corrected chi connectivity index (χ2v) is 6.74. The maximum atomic E-state index is 12.2. The Morgan fingerprint density at radius 3 is 3.00 bits per heavy atom. The third-order valence-electron chi connectivity index (χ3n) is 3.30. The van der Waals surface area contributed by atoms with Crippen molar-refractivity contribution in [2.75, 3.05) is 6.54 Å². The third-order valence-corrected chi connectivity index (χ3v) is 5.06. The molecular weight excluding hydrogens is 318 g/mol. The molecule has 3 rings (SSSR count). The Balaban J connectivity index is 1.51. The van der Waals surface area contributed by atoms with Gasteiger partial charge in [-0.1, -0.05) is 6.07 Å². The number of aromatic nitrogens is 2. The summed E-state index contributed by atoms with van der Waals surface area (Å²) in [5.41, 5.74) is -0.0855. The summed E-state index contributed by atoms with van der Waals surface area (Å²) in [5.74, 6) is -0.0473. The highest BCUT2D eigenvalue weighted by molar-refractivity contribution is 7.16. The van der Waals surface area contributed by atoms with E-state index in [0.717, 1.165) is 11.3 Å². The van der Waals surface area contributed by atoms with E-state index < -0.39 is 0 Å².